The molecule has 0 bridgehead atoms. The van der Waals surface area contributed by atoms with E-state index >= 15 is 0 Å². The molecule has 0 atom stereocenters. The van der Waals surface area contributed by atoms with Crippen molar-refractivity contribution in [3.05, 3.63) is 40.8 Å². The topological polar surface area (TPSA) is 49.9 Å². The first-order valence-electron chi connectivity index (χ1n) is 5.19. The average molecular weight is 219 g/mol. The van der Waals surface area contributed by atoms with Crippen LogP contribution >= 0.6 is 0 Å². The lowest BCUT2D eigenvalue weighted by Crippen LogP contribution is -2.53. The van der Waals surface area contributed by atoms with Crippen LogP contribution in [-0.4, -0.2) is 5.27 Å². The van der Waals surface area contributed by atoms with Crippen molar-refractivity contribution in [3.8, 4) is 11.3 Å². The Labute approximate surface area is 93.5 Å². The van der Waals surface area contributed by atoms with E-state index < -0.39 is 0 Å². The highest BCUT2D eigenvalue weighted by molar-refractivity contribution is 5.53. The number of H-pyrrole nitrogens is 1. The molecule has 0 aliphatic heterocycles. The van der Waals surface area contributed by atoms with E-state index in [1.54, 1.807) is 4.68 Å². The van der Waals surface area contributed by atoms with Gasteiger partial charge in [-0.3, -0.25) is 4.52 Å². The Hall–Kier alpha value is -1.84. The van der Waals surface area contributed by atoms with E-state index in [9.17, 15) is 4.79 Å². The van der Waals surface area contributed by atoms with Gasteiger partial charge < -0.3 is 0 Å². The molecule has 0 fully saturated rings. The van der Waals surface area contributed by atoms with Gasteiger partial charge in [0.25, 0.3) is 0 Å². The lowest BCUT2D eigenvalue weighted by Gasteiger charge is -2.09. The lowest BCUT2D eigenvalue weighted by molar-refractivity contribution is -0.804. The van der Waals surface area contributed by atoms with E-state index in [1.807, 2.05) is 51.1 Å². The summed E-state index contributed by atoms with van der Waals surface area (Å²) in [5, 5.41) is 2.64. The molecule has 0 amide bonds. The third-order valence-electron chi connectivity index (χ3n) is 2.36. The largest absolute Gasteiger partial charge is 0.435 e. The number of nitrogens with one attached hydrogen (secondary N) is 1. The Morgan fingerprint density at radius 2 is 1.81 bits per heavy atom. The molecule has 1 N–H and O–H groups in total. The first kappa shape index (κ1) is 10.7. The van der Waals surface area contributed by atoms with Crippen LogP contribution in [0.2, 0.25) is 0 Å². The maximum atomic E-state index is 11.7. The molecule has 0 saturated carbocycles. The number of hydrogen-bond donors (Lipinski definition) is 1. The maximum absolute atomic E-state index is 11.7. The van der Waals surface area contributed by atoms with Crippen molar-refractivity contribution < 1.29 is 9.20 Å². The molecule has 2 aromatic rings. The summed E-state index contributed by atoms with van der Waals surface area (Å²) < 4.78 is 6.60. The van der Waals surface area contributed by atoms with Crippen LogP contribution in [0.1, 0.15) is 20.8 Å². The Morgan fingerprint density at radius 1 is 1.19 bits per heavy atom. The van der Waals surface area contributed by atoms with Crippen molar-refractivity contribution in [3.63, 3.8) is 0 Å². The summed E-state index contributed by atoms with van der Waals surface area (Å²) in [5.74, 6) is 0. The van der Waals surface area contributed by atoms with E-state index in [4.69, 9.17) is 4.52 Å². The molecule has 0 aliphatic carbocycles. The molecule has 0 saturated heterocycles. The van der Waals surface area contributed by atoms with Crippen molar-refractivity contribution in [2.75, 3.05) is 0 Å². The number of aromatic nitrogens is 2. The van der Waals surface area contributed by atoms with E-state index in [0.29, 0.717) is 5.69 Å². The SMILES string of the molecule is CC(C)(C)[n+]1[nH]oc(=O)c1-c1ccccc1. The Morgan fingerprint density at radius 3 is 2.38 bits per heavy atom. The van der Waals surface area contributed by atoms with E-state index in [0.717, 1.165) is 5.56 Å². The van der Waals surface area contributed by atoms with Crippen LogP contribution in [0.15, 0.2) is 39.6 Å². The molecule has 0 unspecified atom stereocenters. The lowest BCUT2D eigenvalue weighted by atomic mass is 10.1. The third-order valence-corrected chi connectivity index (χ3v) is 2.36. The molecule has 2 rings (SSSR count). The summed E-state index contributed by atoms with van der Waals surface area (Å²) in [6, 6.07) is 9.49. The van der Waals surface area contributed by atoms with Gasteiger partial charge in [0.15, 0.2) is 5.54 Å². The zero-order valence-electron chi connectivity index (χ0n) is 9.65. The van der Waals surface area contributed by atoms with Crippen LogP contribution in [0.3, 0.4) is 0 Å². The Kier molecular flexibility index (Phi) is 2.42. The number of benzene rings is 1. The van der Waals surface area contributed by atoms with E-state index in [2.05, 4.69) is 5.27 Å². The van der Waals surface area contributed by atoms with Crippen LogP contribution in [-0.2, 0) is 5.54 Å². The molecule has 1 aromatic carbocycles. The van der Waals surface area contributed by atoms with Gasteiger partial charge >= 0.3 is 11.3 Å². The Bertz CT molecular complexity index is 532. The fraction of sp³-hybridized carbons (Fsp3) is 0.333. The predicted molar refractivity (Wildman–Crippen MR) is 60.0 cm³/mol. The van der Waals surface area contributed by atoms with Crippen LogP contribution in [0.25, 0.3) is 11.3 Å². The summed E-state index contributed by atoms with van der Waals surface area (Å²) in [6.45, 7) is 6.01. The molecule has 1 aromatic heterocycles. The van der Waals surface area contributed by atoms with E-state index in [1.165, 1.54) is 0 Å². The fourth-order valence-electron chi connectivity index (χ4n) is 1.59. The molecule has 84 valence electrons. The molecule has 0 radical (unpaired) electrons. The number of rotatable bonds is 1. The van der Waals surface area contributed by atoms with Crippen molar-refractivity contribution in [1.82, 2.24) is 5.27 Å². The van der Waals surface area contributed by atoms with Gasteiger partial charge in [-0.15, -0.1) is 0 Å². The van der Waals surface area contributed by atoms with Gasteiger partial charge in [-0.2, -0.15) is 0 Å². The van der Waals surface area contributed by atoms with Crippen molar-refractivity contribution in [2.45, 2.75) is 26.3 Å². The van der Waals surface area contributed by atoms with Crippen LogP contribution < -0.4 is 10.3 Å². The second-order valence-electron chi connectivity index (χ2n) is 4.70. The quantitative estimate of drug-likeness (QED) is 0.742. The predicted octanol–water partition coefficient (Wildman–Crippen LogP) is 1.68. The van der Waals surface area contributed by atoms with Gasteiger partial charge in [-0.1, -0.05) is 22.9 Å². The monoisotopic (exact) mass is 219 g/mol. The van der Waals surface area contributed by atoms with Crippen molar-refractivity contribution >= 4 is 0 Å². The summed E-state index contributed by atoms with van der Waals surface area (Å²) >= 11 is 0. The standard InChI is InChI=1S/C12H14N2O2/c1-12(2,3)14-10(11(15)16-13-14)9-7-5-4-6-8-9/h4-8H,1-3H3/p+1. The Balaban J connectivity index is 2.66. The molecule has 1 heterocycles. The summed E-state index contributed by atoms with van der Waals surface area (Å²) in [6.07, 6.45) is 0. The highest BCUT2D eigenvalue weighted by Crippen LogP contribution is 2.13. The molecule has 4 nitrogen and oxygen atoms in total. The van der Waals surface area contributed by atoms with Crippen LogP contribution in [0.4, 0.5) is 0 Å². The first-order valence-corrected chi connectivity index (χ1v) is 5.19. The first-order chi connectivity index (χ1) is 7.50. The number of hydrogen-bond acceptors (Lipinski definition) is 2. The normalized spacial score (nSPS) is 11.7. The smallest absolute Gasteiger partial charge is 0.283 e. The molecular weight excluding hydrogens is 204 g/mol. The van der Waals surface area contributed by atoms with Crippen molar-refractivity contribution in [2.24, 2.45) is 0 Å². The highest BCUT2D eigenvalue weighted by atomic mass is 16.5. The summed E-state index contributed by atoms with van der Waals surface area (Å²) in [5.41, 5.74) is 0.832. The fourth-order valence-corrected chi connectivity index (χ4v) is 1.59. The van der Waals surface area contributed by atoms with Crippen LogP contribution in [0.5, 0.6) is 0 Å². The molecular formula is C12H15N2O2+. The van der Waals surface area contributed by atoms with Gasteiger partial charge in [0.2, 0.25) is 0 Å². The van der Waals surface area contributed by atoms with Gasteiger partial charge in [0, 0.05) is 20.8 Å². The van der Waals surface area contributed by atoms with Gasteiger partial charge in [-0.05, 0) is 17.4 Å². The van der Waals surface area contributed by atoms with Crippen molar-refractivity contribution in [1.29, 1.82) is 0 Å². The van der Waals surface area contributed by atoms with Gasteiger partial charge in [0.05, 0.1) is 5.56 Å². The maximum Gasteiger partial charge on any atom is 0.435 e. The van der Waals surface area contributed by atoms with Crippen LogP contribution in [0, 0.1) is 0 Å². The van der Waals surface area contributed by atoms with E-state index in [-0.39, 0.29) is 11.2 Å². The minimum absolute atomic E-state index is 0.225. The zero-order chi connectivity index (χ0) is 11.8. The average Bonchev–Trinajstić information content (AvgIpc) is 2.61. The number of aromatic amines is 1. The third kappa shape index (κ3) is 1.78. The summed E-state index contributed by atoms with van der Waals surface area (Å²) in [7, 11) is 0. The summed E-state index contributed by atoms with van der Waals surface area (Å²) in [4.78, 5) is 11.7. The van der Waals surface area contributed by atoms with Gasteiger partial charge in [-0.25, -0.2) is 4.79 Å². The molecule has 16 heavy (non-hydrogen) atoms. The second-order valence-corrected chi connectivity index (χ2v) is 4.70. The molecule has 4 heteroatoms. The minimum Gasteiger partial charge on any atom is -0.283 e. The second kappa shape index (κ2) is 3.63. The number of nitrogens with zero attached hydrogens (tertiary/aromatic N) is 1. The zero-order valence-corrected chi connectivity index (χ0v) is 9.65. The minimum atomic E-state index is -0.346. The van der Waals surface area contributed by atoms with Gasteiger partial charge in [0.1, 0.15) is 0 Å². The molecule has 0 aliphatic rings. The molecule has 0 spiro atoms. The highest BCUT2D eigenvalue weighted by Gasteiger charge is 2.33.